The van der Waals surface area contributed by atoms with E-state index in [4.69, 9.17) is 4.74 Å². The molecule has 1 aliphatic rings. The molecular formula is C17H19N5O3. The van der Waals surface area contributed by atoms with Gasteiger partial charge in [-0.25, -0.2) is 0 Å². The highest BCUT2D eigenvalue weighted by Crippen LogP contribution is 2.18. The van der Waals surface area contributed by atoms with Crippen LogP contribution in [0, 0.1) is 0 Å². The van der Waals surface area contributed by atoms with E-state index in [0.717, 1.165) is 6.41 Å². The van der Waals surface area contributed by atoms with Gasteiger partial charge >= 0.3 is 0 Å². The number of anilines is 2. The second-order valence-corrected chi connectivity index (χ2v) is 5.59. The van der Waals surface area contributed by atoms with Gasteiger partial charge in [-0.05, 0) is 24.3 Å². The van der Waals surface area contributed by atoms with Gasteiger partial charge in [0.05, 0.1) is 7.11 Å². The standard InChI is InChI=1S/C17H19N5O3/c1-25-14-4-2-3-13(11-14)18-17(24)15-5-6-16(20-19-15)22-9-7-21(12-23)8-10-22/h2-6,11-12H,7-10H2,1H3,(H,18,24). The first-order valence-corrected chi connectivity index (χ1v) is 7.93. The molecule has 2 heterocycles. The molecule has 25 heavy (non-hydrogen) atoms. The third-order valence-electron chi connectivity index (χ3n) is 4.00. The molecular weight excluding hydrogens is 322 g/mol. The summed E-state index contributed by atoms with van der Waals surface area (Å²) in [5.74, 6) is 1.02. The van der Waals surface area contributed by atoms with Crippen LogP contribution in [0.3, 0.4) is 0 Å². The molecule has 0 aliphatic carbocycles. The van der Waals surface area contributed by atoms with Gasteiger partial charge in [0.2, 0.25) is 6.41 Å². The molecule has 2 amide bonds. The number of nitrogens with zero attached hydrogens (tertiary/aromatic N) is 4. The lowest BCUT2D eigenvalue weighted by molar-refractivity contribution is -0.118. The molecule has 1 fully saturated rings. The van der Waals surface area contributed by atoms with E-state index >= 15 is 0 Å². The number of nitrogens with one attached hydrogen (secondary N) is 1. The summed E-state index contributed by atoms with van der Waals surface area (Å²) in [6.45, 7) is 2.71. The fourth-order valence-corrected chi connectivity index (χ4v) is 2.57. The SMILES string of the molecule is COc1cccc(NC(=O)c2ccc(N3CCN(C=O)CC3)nn2)c1. The van der Waals surface area contributed by atoms with E-state index in [1.165, 1.54) is 0 Å². The second kappa shape index (κ2) is 7.61. The number of hydrogen-bond acceptors (Lipinski definition) is 6. The molecule has 1 aliphatic heterocycles. The first-order chi connectivity index (χ1) is 12.2. The molecule has 1 aromatic carbocycles. The van der Waals surface area contributed by atoms with Gasteiger partial charge in [-0.15, -0.1) is 10.2 Å². The highest BCUT2D eigenvalue weighted by Gasteiger charge is 2.17. The van der Waals surface area contributed by atoms with Crippen molar-refractivity contribution in [2.45, 2.75) is 0 Å². The molecule has 0 atom stereocenters. The number of methoxy groups -OCH3 is 1. The number of carbonyl (C=O) groups is 2. The van der Waals surface area contributed by atoms with Crippen LogP contribution in [0.25, 0.3) is 0 Å². The van der Waals surface area contributed by atoms with Crippen molar-refractivity contribution in [3.8, 4) is 5.75 Å². The minimum Gasteiger partial charge on any atom is -0.497 e. The highest BCUT2D eigenvalue weighted by molar-refractivity contribution is 6.02. The van der Waals surface area contributed by atoms with Crippen molar-refractivity contribution >= 4 is 23.8 Å². The smallest absolute Gasteiger partial charge is 0.276 e. The van der Waals surface area contributed by atoms with Crippen molar-refractivity contribution in [3.63, 3.8) is 0 Å². The molecule has 130 valence electrons. The van der Waals surface area contributed by atoms with Crippen LogP contribution < -0.4 is 15.0 Å². The lowest BCUT2D eigenvalue weighted by Crippen LogP contribution is -2.46. The Hall–Kier alpha value is -3.16. The monoisotopic (exact) mass is 341 g/mol. The van der Waals surface area contributed by atoms with E-state index in [1.807, 2.05) is 4.90 Å². The zero-order valence-electron chi connectivity index (χ0n) is 13.9. The Labute approximate surface area is 145 Å². The van der Waals surface area contributed by atoms with E-state index in [9.17, 15) is 9.59 Å². The first-order valence-electron chi connectivity index (χ1n) is 7.93. The van der Waals surface area contributed by atoms with Crippen molar-refractivity contribution in [3.05, 3.63) is 42.1 Å². The molecule has 3 rings (SSSR count). The van der Waals surface area contributed by atoms with Gasteiger partial charge < -0.3 is 19.9 Å². The number of ether oxygens (including phenoxy) is 1. The average molecular weight is 341 g/mol. The van der Waals surface area contributed by atoms with Crippen LogP contribution in [0.2, 0.25) is 0 Å². The number of benzene rings is 1. The normalized spacial score (nSPS) is 14.1. The molecule has 2 aromatic rings. The van der Waals surface area contributed by atoms with Gasteiger partial charge in [0.1, 0.15) is 5.75 Å². The molecule has 8 heteroatoms. The number of carbonyl (C=O) groups excluding carboxylic acids is 2. The third-order valence-corrected chi connectivity index (χ3v) is 4.00. The van der Waals surface area contributed by atoms with Crippen LogP contribution in [-0.4, -0.2) is 60.7 Å². The number of amides is 2. The van der Waals surface area contributed by atoms with Crippen LogP contribution in [0.5, 0.6) is 5.75 Å². The fourth-order valence-electron chi connectivity index (χ4n) is 2.57. The summed E-state index contributed by atoms with van der Waals surface area (Å²) < 4.78 is 5.13. The molecule has 0 spiro atoms. The Kier molecular flexibility index (Phi) is 5.08. The Morgan fingerprint density at radius 3 is 2.60 bits per heavy atom. The lowest BCUT2D eigenvalue weighted by Gasteiger charge is -2.32. The topological polar surface area (TPSA) is 87.7 Å². The highest BCUT2D eigenvalue weighted by atomic mass is 16.5. The first kappa shape index (κ1) is 16.7. The predicted octanol–water partition coefficient (Wildman–Crippen LogP) is 1.02. The summed E-state index contributed by atoms with van der Waals surface area (Å²) in [6, 6.07) is 10.5. The largest absolute Gasteiger partial charge is 0.497 e. The summed E-state index contributed by atoms with van der Waals surface area (Å²) >= 11 is 0. The number of rotatable bonds is 5. The Balaban J connectivity index is 1.63. The predicted molar refractivity (Wildman–Crippen MR) is 92.8 cm³/mol. The van der Waals surface area contributed by atoms with Gasteiger partial charge in [0.15, 0.2) is 11.5 Å². The minimum absolute atomic E-state index is 0.234. The van der Waals surface area contributed by atoms with Crippen LogP contribution >= 0.6 is 0 Å². The van der Waals surface area contributed by atoms with Gasteiger partial charge in [-0.3, -0.25) is 9.59 Å². The molecule has 0 saturated carbocycles. The fraction of sp³-hybridized carbons (Fsp3) is 0.294. The van der Waals surface area contributed by atoms with Crippen LogP contribution in [0.4, 0.5) is 11.5 Å². The quantitative estimate of drug-likeness (QED) is 0.817. The summed E-state index contributed by atoms with van der Waals surface area (Å²) in [5, 5.41) is 10.9. The van der Waals surface area contributed by atoms with Crippen molar-refractivity contribution in [1.82, 2.24) is 15.1 Å². The van der Waals surface area contributed by atoms with Crippen LogP contribution in [-0.2, 0) is 4.79 Å². The molecule has 1 aromatic heterocycles. The Morgan fingerprint density at radius 2 is 1.96 bits per heavy atom. The number of piperazine rings is 1. The molecule has 0 unspecified atom stereocenters. The van der Waals surface area contributed by atoms with Crippen molar-refractivity contribution in [2.24, 2.45) is 0 Å². The lowest BCUT2D eigenvalue weighted by atomic mass is 10.2. The maximum atomic E-state index is 12.3. The summed E-state index contributed by atoms with van der Waals surface area (Å²) in [7, 11) is 1.57. The van der Waals surface area contributed by atoms with Crippen molar-refractivity contribution in [1.29, 1.82) is 0 Å². The third kappa shape index (κ3) is 4.03. The van der Waals surface area contributed by atoms with Gasteiger partial charge in [0.25, 0.3) is 5.91 Å². The molecule has 8 nitrogen and oxygen atoms in total. The van der Waals surface area contributed by atoms with Crippen molar-refractivity contribution < 1.29 is 14.3 Å². The van der Waals surface area contributed by atoms with E-state index in [0.29, 0.717) is 43.4 Å². The number of aromatic nitrogens is 2. The van der Waals surface area contributed by atoms with Crippen LogP contribution in [0.1, 0.15) is 10.5 Å². The molecule has 0 bridgehead atoms. The summed E-state index contributed by atoms with van der Waals surface area (Å²) in [6.07, 6.45) is 0.856. The van der Waals surface area contributed by atoms with Gasteiger partial charge in [-0.1, -0.05) is 6.07 Å². The van der Waals surface area contributed by atoms with E-state index in [1.54, 1.807) is 48.4 Å². The zero-order valence-corrected chi connectivity index (χ0v) is 13.9. The van der Waals surface area contributed by atoms with Gasteiger partial charge in [0, 0.05) is 37.9 Å². The van der Waals surface area contributed by atoms with Crippen LogP contribution in [0.15, 0.2) is 36.4 Å². The minimum atomic E-state index is -0.335. The summed E-state index contributed by atoms with van der Waals surface area (Å²) in [5.41, 5.74) is 0.860. The van der Waals surface area contributed by atoms with Crippen molar-refractivity contribution in [2.75, 3.05) is 43.5 Å². The maximum Gasteiger partial charge on any atom is 0.276 e. The summed E-state index contributed by atoms with van der Waals surface area (Å²) in [4.78, 5) is 26.8. The molecule has 1 saturated heterocycles. The Morgan fingerprint density at radius 1 is 1.16 bits per heavy atom. The zero-order chi connectivity index (χ0) is 17.6. The molecule has 0 radical (unpaired) electrons. The van der Waals surface area contributed by atoms with E-state index in [-0.39, 0.29) is 11.6 Å². The van der Waals surface area contributed by atoms with Gasteiger partial charge in [-0.2, -0.15) is 0 Å². The van der Waals surface area contributed by atoms with E-state index in [2.05, 4.69) is 15.5 Å². The number of hydrogen-bond donors (Lipinski definition) is 1. The van der Waals surface area contributed by atoms with E-state index < -0.39 is 0 Å². The molecule has 1 N–H and O–H groups in total. The Bertz CT molecular complexity index is 742. The average Bonchev–Trinajstić information content (AvgIpc) is 2.68. The maximum absolute atomic E-state index is 12.3. The second-order valence-electron chi connectivity index (χ2n) is 5.59.